The van der Waals surface area contributed by atoms with Gasteiger partial charge in [0.1, 0.15) is 10.0 Å². The molecule has 1 heterocycles. The van der Waals surface area contributed by atoms with Gasteiger partial charge in [-0.2, -0.15) is 0 Å². The second-order valence-electron chi connectivity index (χ2n) is 6.31. The molecule has 148 valence electrons. The molecular formula is C21H12Cl4O4. The molecule has 0 aliphatic carbocycles. The normalized spacial score (nSPS) is 20.4. The molecule has 1 N–H and O–H groups in total. The summed E-state index contributed by atoms with van der Waals surface area (Å²) in [6.07, 6.45) is -1.48. The highest BCUT2D eigenvalue weighted by Crippen LogP contribution is 2.55. The van der Waals surface area contributed by atoms with Crippen LogP contribution in [0.4, 0.5) is 0 Å². The second kappa shape index (κ2) is 7.71. The molecule has 0 saturated carbocycles. The lowest BCUT2D eigenvalue weighted by atomic mass is 9.92. The van der Waals surface area contributed by atoms with Crippen molar-refractivity contribution >= 4 is 52.2 Å². The van der Waals surface area contributed by atoms with Gasteiger partial charge in [0.05, 0.1) is 10.0 Å². The topological polar surface area (TPSA) is 55.8 Å². The van der Waals surface area contributed by atoms with Crippen LogP contribution in [0.25, 0.3) is 0 Å². The fraction of sp³-hybridized carbons (Fsp3) is 0.0952. The van der Waals surface area contributed by atoms with Gasteiger partial charge in [0, 0.05) is 11.1 Å². The van der Waals surface area contributed by atoms with Crippen molar-refractivity contribution in [2.24, 2.45) is 0 Å². The summed E-state index contributed by atoms with van der Waals surface area (Å²) in [6, 6.07) is 16.7. The molecule has 2 unspecified atom stereocenters. The minimum absolute atomic E-state index is 0.0447. The molecule has 0 radical (unpaired) electrons. The van der Waals surface area contributed by atoms with Crippen LogP contribution >= 0.6 is 46.4 Å². The van der Waals surface area contributed by atoms with Crippen molar-refractivity contribution < 1.29 is 19.4 Å². The van der Waals surface area contributed by atoms with Crippen molar-refractivity contribution in [3.63, 3.8) is 0 Å². The number of rotatable bonds is 3. The lowest BCUT2D eigenvalue weighted by Gasteiger charge is -2.40. The number of ether oxygens (including phenoxy) is 2. The van der Waals surface area contributed by atoms with E-state index >= 15 is 0 Å². The van der Waals surface area contributed by atoms with Gasteiger partial charge in [-0.05, 0) is 0 Å². The summed E-state index contributed by atoms with van der Waals surface area (Å²) in [6.45, 7) is 0. The predicted molar refractivity (Wildman–Crippen MR) is 113 cm³/mol. The average Bonchev–Trinajstić information content (AvgIpc) is 2.76. The number of aliphatic hydroxyl groups is 1. The number of carbonyl (C=O) groups excluding carboxylic acids is 1. The SMILES string of the molecule is O=C(c1ccccc1)C1Oc2c(Cl)c(Cl)c(Cl)c(Cl)c2OC1(O)c1ccccc1. The molecule has 8 heteroatoms. The molecule has 4 rings (SSSR count). The largest absolute Gasteiger partial charge is 0.469 e. The number of hydrogen-bond donors (Lipinski definition) is 1. The quantitative estimate of drug-likeness (QED) is 0.283. The van der Waals surface area contributed by atoms with E-state index in [4.69, 9.17) is 55.9 Å². The maximum atomic E-state index is 13.2. The Morgan fingerprint density at radius 3 is 1.90 bits per heavy atom. The summed E-state index contributed by atoms with van der Waals surface area (Å²) in [7, 11) is 0. The van der Waals surface area contributed by atoms with E-state index in [2.05, 4.69) is 0 Å². The molecule has 1 aliphatic rings. The maximum absolute atomic E-state index is 13.2. The van der Waals surface area contributed by atoms with Gasteiger partial charge in [0.15, 0.2) is 11.5 Å². The summed E-state index contributed by atoms with van der Waals surface area (Å²) < 4.78 is 11.7. The van der Waals surface area contributed by atoms with Crippen molar-refractivity contribution in [3.8, 4) is 11.5 Å². The molecule has 29 heavy (non-hydrogen) atoms. The number of fused-ring (bicyclic) bond motifs is 1. The lowest BCUT2D eigenvalue weighted by Crippen LogP contribution is -2.54. The van der Waals surface area contributed by atoms with Crippen LogP contribution in [0.3, 0.4) is 0 Å². The van der Waals surface area contributed by atoms with E-state index in [1.165, 1.54) is 0 Å². The van der Waals surface area contributed by atoms with Crippen LogP contribution in [-0.4, -0.2) is 17.0 Å². The Morgan fingerprint density at radius 2 is 1.31 bits per heavy atom. The fourth-order valence-electron chi connectivity index (χ4n) is 3.07. The molecule has 0 amide bonds. The Morgan fingerprint density at radius 1 is 0.793 bits per heavy atom. The first-order valence-corrected chi connectivity index (χ1v) is 9.94. The van der Waals surface area contributed by atoms with E-state index in [-0.39, 0.29) is 37.2 Å². The molecular weight excluding hydrogens is 458 g/mol. The molecule has 4 nitrogen and oxygen atoms in total. The Hall–Kier alpha value is -1.95. The molecule has 0 spiro atoms. The summed E-state index contributed by atoms with van der Waals surface area (Å²) in [4.78, 5) is 13.2. The monoisotopic (exact) mass is 468 g/mol. The van der Waals surface area contributed by atoms with Crippen LogP contribution in [0, 0.1) is 0 Å². The first kappa shape index (κ1) is 20.3. The summed E-state index contributed by atoms with van der Waals surface area (Å²) in [5, 5.41) is 11.3. The van der Waals surface area contributed by atoms with Crippen LogP contribution in [0.15, 0.2) is 60.7 Å². The molecule has 3 aromatic rings. The van der Waals surface area contributed by atoms with Crippen LogP contribution < -0.4 is 9.47 Å². The lowest BCUT2D eigenvalue weighted by molar-refractivity contribution is -0.206. The number of Topliss-reactive ketones (excluding diaryl/α,β-unsaturated/α-hetero) is 1. The molecule has 0 aromatic heterocycles. The average molecular weight is 470 g/mol. The maximum Gasteiger partial charge on any atom is 0.280 e. The summed E-state index contributed by atoms with van der Waals surface area (Å²) >= 11 is 24.8. The van der Waals surface area contributed by atoms with E-state index in [0.29, 0.717) is 5.56 Å². The smallest absolute Gasteiger partial charge is 0.280 e. The minimum atomic E-state index is -2.19. The molecule has 1 aliphatic heterocycles. The zero-order valence-electron chi connectivity index (χ0n) is 14.5. The van der Waals surface area contributed by atoms with Gasteiger partial charge in [-0.1, -0.05) is 107 Å². The van der Waals surface area contributed by atoms with E-state index in [9.17, 15) is 9.90 Å². The zero-order valence-corrected chi connectivity index (χ0v) is 17.6. The van der Waals surface area contributed by atoms with Crippen LogP contribution in [-0.2, 0) is 5.79 Å². The van der Waals surface area contributed by atoms with E-state index < -0.39 is 17.7 Å². The third kappa shape index (κ3) is 3.35. The Bertz CT molecular complexity index is 1090. The van der Waals surface area contributed by atoms with Gasteiger partial charge >= 0.3 is 0 Å². The Kier molecular flexibility index (Phi) is 5.40. The van der Waals surface area contributed by atoms with E-state index in [1.807, 2.05) is 0 Å². The fourth-order valence-corrected chi connectivity index (χ4v) is 3.97. The van der Waals surface area contributed by atoms with Crippen molar-refractivity contribution in [1.82, 2.24) is 0 Å². The summed E-state index contributed by atoms with van der Waals surface area (Å²) in [5.74, 6) is -2.87. The van der Waals surface area contributed by atoms with Crippen LogP contribution in [0.2, 0.25) is 20.1 Å². The van der Waals surface area contributed by atoms with Crippen LogP contribution in [0.1, 0.15) is 15.9 Å². The summed E-state index contributed by atoms with van der Waals surface area (Å²) in [5.41, 5.74) is 0.611. The van der Waals surface area contributed by atoms with Gasteiger partial charge in [-0.25, -0.2) is 0 Å². The minimum Gasteiger partial charge on any atom is -0.469 e. The van der Waals surface area contributed by atoms with Crippen LogP contribution in [0.5, 0.6) is 11.5 Å². The third-order valence-electron chi connectivity index (χ3n) is 4.52. The highest BCUT2D eigenvalue weighted by molar-refractivity contribution is 6.53. The molecule has 3 aromatic carbocycles. The number of benzene rings is 3. The van der Waals surface area contributed by atoms with Crippen molar-refractivity contribution in [2.45, 2.75) is 11.9 Å². The van der Waals surface area contributed by atoms with E-state index in [0.717, 1.165) is 0 Å². The number of halogens is 4. The number of ketones is 1. The van der Waals surface area contributed by atoms with Crippen molar-refractivity contribution in [3.05, 3.63) is 91.9 Å². The predicted octanol–water partition coefficient (Wildman–Crippen LogP) is 6.17. The van der Waals surface area contributed by atoms with Gasteiger partial charge in [0.2, 0.25) is 11.9 Å². The number of carbonyl (C=O) groups is 1. The number of hydrogen-bond acceptors (Lipinski definition) is 4. The zero-order chi connectivity index (χ0) is 20.8. The standard InChI is InChI=1S/C21H12Cl4O4/c22-13-14(23)16(25)19-18(15(13)24)28-20(17(26)11-7-3-1-4-8-11)21(27,29-19)12-9-5-2-6-10-12/h1-10,20,27H. The molecule has 0 bridgehead atoms. The third-order valence-corrected chi connectivity index (χ3v) is 6.28. The second-order valence-corrected chi connectivity index (χ2v) is 7.82. The van der Waals surface area contributed by atoms with Crippen molar-refractivity contribution in [2.75, 3.05) is 0 Å². The molecule has 0 saturated heterocycles. The highest BCUT2D eigenvalue weighted by Gasteiger charge is 2.52. The highest BCUT2D eigenvalue weighted by atomic mass is 35.5. The van der Waals surface area contributed by atoms with Gasteiger partial charge < -0.3 is 14.6 Å². The first-order chi connectivity index (χ1) is 13.8. The Balaban J connectivity index is 1.92. The van der Waals surface area contributed by atoms with Gasteiger partial charge in [-0.3, -0.25) is 4.79 Å². The van der Waals surface area contributed by atoms with E-state index in [1.54, 1.807) is 60.7 Å². The van der Waals surface area contributed by atoms with Crippen molar-refractivity contribution in [1.29, 1.82) is 0 Å². The van der Waals surface area contributed by atoms with Gasteiger partial charge in [-0.15, -0.1) is 0 Å². The Labute approximate surface area is 186 Å². The molecule has 2 atom stereocenters. The first-order valence-electron chi connectivity index (χ1n) is 8.43. The molecule has 0 fully saturated rings. The van der Waals surface area contributed by atoms with Gasteiger partial charge in [0.25, 0.3) is 5.79 Å².